The van der Waals surface area contributed by atoms with Crippen molar-refractivity contribution in [3.8, 4) is 16.9 Å². The fourth-order valence-electron chi connectivity index (χ4n) is 3.58. The molecule has 1 atom stereocenters. The molecule has 31 heavy (non-hydrogen) atoms. The standard InChI is InChI=1S/C22H26N6O3/c1-26(2)22-23-13-17(15-5-7-16(30-4)8-6-15)20(25-22)19-14-28(11-12-31-19)21(29)18-9-10-24-27(18)3/h5-10,13,19H,11-12,14H2,1-4H3/t19-/m1/s1. The normalized spacial score (nSPS) is 16.3. The summed E-state index contributed by atoms with van der Waals surface area (Å²) in [5.41, 5.74) is 3.13. The number of amides is 1. The van der Waals surface area contributed by atoms with E-state index in [9.17, 15) is 4.79 Å². The number of hydrogen-bond donors (Lipinski definition) is 0. The Labute approximate surface area is 181 Å². The van der Waals surface area contributed by atoms with Gasteiger partial charge >= 0.3 is 0 Å². The number of aryl methyl sites for hydroxylation is 1. The summed E-state index contributed by atoms with van der Waals surface area (Å²) in [6.07, 6.45) is 3.07. The molecule has 1 aliphatic heterocycles. The summed E-state index contributed by atoms with van der Waals surface area (Å²) in [5.74, 6) is 1.30. The largest absolute Gasteiger partial charge is 0.497 e. The number of carbonyl (C=O) groups excluding carboxylic acids is 1. The molecule has 0 unspecified atom stereocenters. The van der Waals surface area contributed by atoms with Crippen LogP contribution in [0.25, 0.3) is 11.1 Å². The van der Waals surface area contributed by atoms with Gasteiger partial charge in [-0.1, -0.05) is 12.1 Å². The molecule has 2 aromatic heterocycles. The van der Waals surface area contributed by atoms with E-state index in [2.05, 4.69) is 10.1 Å². The van der Waals surface area contributed by atoms with Gasteiger partial charge in [0.1, 0.15) is 17.5 Å². The lowest BCUT2D eigenvalue weighted by Crippen LogP contribution is -2.43. The van der Waals surface area contributed by atoms with E-state index in [0.29, 0.717) is 31.3 Å². The van der Waals surface area contributed by atoms with Crippen molar-refractivity contribution in [2.24, 2.45) is 7.05 Å². The van der Waals surface area contributed by atoms with Gasteiger partial charge in [-0.05, 0) is 23.8 Å². The lowest BCUT2D eigenvalue weighted by Gasteiger charge is -2.33. The zero-order valence-corrected chi connectivity index (χ0v) is 18.1. The topological polar surface area (TPSA) is 85.6 Å². The van der Waals surface area contributed by atoms with E-state index in [1.54, 1.807) is 36.0 Å². The van der Waals surface area contributed by atoms with Gasteiger partial charge in [-0.25, -0.2) is 9.97 Å². The molecule has 0 N–H and O–H groups in total. The van der Waals surface area contributed by atoms with Crippen LogP contribution in [0.5, 0.6) is 5.75 Å². The van der Waals surface area contributed by atoms with Crippen molar-refractivity contribution >= 4 is 11.9 Å². The number of aromatic nitrogens is 4. The maximum atomic E-state index is 13.0. The van der Waals surface area contributed by atoms with Crippen molar-refractivity contribution in [3.05, 3.63) is 54.1 Å². The highest BCUT2D eigenvalue weighted by atomic mass is 16.5. The van der Waals surface area contributed by atoms with Crippen LogP contribution in [0.2, 0.25) is 0 Å². The second-order valence-corrected chi connectivity index (χ2v) is 7.54. The SMILES string of the molecule is COc1ccc(-c2cnc(N(C)C)nc2[C@H]2CN(C(=O)c3ccnn3C)CCO2)cc1. The fourth-order valence-corrected chi connectivity index (χ4v) is 3.58. The third kappa shape index (κ3) is 4.22. The van der Waals surface area contributed by atoms with Gasteiger partial charge in [0, 0.05) is 45.6 Å². The Morgan fingerprint density at radius 1 is 1.23 bits per heavy atom. The number of ether oxygens (including phenoxy) is 2. The second kappa shape index (κ2) is 8.73. The van der Waals surface area contributed by atoms with Crippen molar-refractivity contribution in [2.75, 3.05) is 45.8 Å². The Bertz CT molecular complexity index is 1060. The summed E-state index contributed by atoms with van der Waals surface area (Å²) in [6, 6.07) is 9.47. The van der Waals surface area contributed by atoms with Gasteiger partial charge in [0.05, 0.1) is 26.0 Å². The van der Waals surface area contributed by atoms with Crippen molar-refractivity contribution in [2.45, 2.75) is 6.10 Å². The molecule has 1 saturated heterocycles. The Kier molecular flexibility index (Phi) is 5.85. The highest BCUT2D eigenvalue weighted by Crippen LogP contribution is 2.32. The summed E-state index contributed by atoms with van der Waals surface area (Å²) in [7, 11) is 7.19. The summed E-state index contributed by atoms with van der Waals surface area (Å²) < 4.78 is 12.9. The quantitative estimate of drug-likeness (QED) is 0.623. The van der Waals surface area contributed by atoms with E-state index in [0.717, 1.165) is 22.6 Å². The summed E-state index contributed by atoms with van der Waals surface area (Å²) in [6.45, 7) is 1.35. The molecule has 0 aliphatic carbocycles. The molecule has 1 aliphatic rings. The predicted molar refractivity (Wildman–Crippen MR) is 116 cm³/mol. The van der Waals surface area contributed by atoms with Crippen LogP contribution in [0.1, 0.15) is 22.3 Å². The third-order valence-corrected chi connectivity index (χ3v) is 5.31. The molecule has 1 amide bonds. The fraction of sp³-hybridized carbons (Fsp3) is 0.364. The van der Waals surface area contributed by atoms with Crippen LogP contribution in [-0.2, 0) is 11.8 Å². The van der Waals surface area contributed by atoms with Crippen molar-refractivity contribution in [1.82, 2.24) is 24.6 Å². The van der Waals surface area contributed by atoms with E-state index < -0.39 is 0 Å². The number of morpholine rings is 1. The molecule has 0 saturated carbocycles. The number of benzene rings is 1. The first kappa shape index (κ1) is 20.8. The highest BCUT2D eigenvalue weighted by molar-refractivity contribution is 5.92. The molecule has 3 aromatic rings. The molecule has 0 bridgehead atoms. The number of carbonyl (C=O) groups is 1. The van der Waals surface area contributed by atoms with Gasteiger partial charge in [-0.3, -0.25) is 9.48 Å². The Hall–Kier alpha value is -3.46. The van der Waals surface area contributed by atoms with Gasteiger partial charge in [-0.2, -0.15) is 5.10 Å². The number of anilines is 1. The van der Waals surface area contributed by atoms with E-state index in [-0.39, 0.29) is 12.0 Å². The summed E-state index contributed by atoms with van der Waals surface area (Å²) in [5, 5.41) is 4.11. The van der Waals surface area contributed by atoms with Crippen LogP contribution < -0.4 is 9.64 Å². The Morgan fingerprint density at radius 2 is 2.00 bits per heavy atom. The molecule has 0 spiro atoms. The molecule has 4 rings (SSSR count). The molecule has 3 heterocycles. The second-order valence-electron chi connectivity index (χ2n) is 7.54. The first-order valence-corrected chi connectivity index (χ1v) is 10.1. The van der Waals surface area contributed by atoms with Crippen LogP contribution >= 0.6 is 0 Å². The van der Waals surface area contributed by atoms with E-state index in [1.165, 1.54) is 0 Å². The number of rotatable bonds is 5. The molecule has 9 heteroatoms. The summed E-state index contributed by atoms with van der Waals surface area (Å²) in [4.78, 5) is 25.9. The zero-order chi connectivity index (χ0) is 22.0. The van der Waals surface area contributed by atoms with Crippen molar-refractivity contribution < 1.29 is 14.3 Å². The molecular weight excluding hydrogens is 396 g/mol. The number of hydrogen-bond acceptors (Lipinski definition) is 7. The minimum Gasteiger partial charge on any atom is -0.497 e. The Balaban J connectivity index is 1.68. The van der Waals surface area contributed by atoms with Gasteiger partial charge in [0.15, 0.2) is 0 Å². The molecule has 162 valence electrons. The van der Waals surface area contributed by atoms with Crippen molar-refractivity contribution in [3.63, 3.8) is 0 Å². The molecule has 1 aromatic carbocycles. The zero-order valence-electron chi connectivity index (χ0n) is 18.1. The van der Waals surface area contributed by atoms with Crippen LogP contribution in [-0.4, -0.2) is 71.5 Å². The van der Waals surface area contributed by atoms with Crippen LogP contribution in [0, 0.1) is 0 Å². The highest BCUT2D eigenvalue weighted by Gasteiger charge is 2.30. The minimum atomic E-state index is -0.371. The average Bonchev–Trinajstić information content (AvgIpc) is 3.24. The average molecular weight is 422 g/mol. The lowest BCUT2D eigenvalue weighted by molar-refractivity contribution is -0.0248. The lowest BCUT2D eigenvalue weighted by atomic mass is 10.0. The third-order valence-electron chi connectivity index (χ3n) is 5.31. The predicted octanol–water partition coefficient (Wildman–Crippen LogP) is 2.17. The maximum absolute atomic E-state index is 13.0. The number of methoxy groups -OCH3 is 1. The van der Waals surface area contributed by atoms with Gasteiger partial charge in [-0.15, -0.1) is 0 Å². The van der Waals surface area contributed by atoms with Crippen LogP contribution in [0.3, 0.4) is 0 Å². The Morgan fingerprint density at radius 3 is 2.65 bits per heavy atom. The first-order chi connectivity index (χ1) is 15.0. The van der Waals surface area contributed by atoms with Gasteiger partial charge < -0.3 is 19.3 Å². The summed E-state index contributed by atoms with van der Waals surface area (Å²) >= 11 is 0. The first-order valence-electron chi connectivity index (χ1n) is 10.1. The maximum Gasteiger partial charge on any atom is 0.272 e. The van der Waals surface area contributed by atoms with Crippen molar-refractivity contribution in [1.29, 1.82) is 0 Å². The minimum absolute atomic E-state index is 0.0683. The monoisotopic (exact) mass is 422 g/mol. The van der Waals surface area contributed by atoms with E-state index in [1.807, 2.05) is 49.5 Å². The molecule has 1 fully saturated rings. The van der Waals surface area contributed by atoms with E-state index >= 15 is 0 Å². The number of nitrogens with zero attached hydrogens (tertiary/aromatic N) is 6. The molecule has 0 radical (unpaired) electrons. The van der Waals surface area contributed by atoms with E-state index in [4.69, 9.17) is 14.5 Å². The molecular formula is C22H26N6O3. The molecule has 9 nitrogen and oxygen atoms in total. The smallest absolute Gasteiger partial charge is 0.272 e. The van der Waals surface area contributed by atoms with Crippen LogP contribution in [0.15, 0.2) is 42.7 Å². The van der Waals surface area contributed by atoms with Gasteiger partial charge in [0.2, 0.25) is 5.95 Å². The van der Waals surface area contributed by atoms with Crippen LogP contribution in [0.4, 0.5) is 5.95 Å². The van der Waals surface area contributed by atoms with Gasteiger partial charge in [0.25, 0.3) is 5.91 Å².